The first kappa shape index (κ1) is 32.2. The minimum atomic E-state index is 0.622. The Morgan fingerprint density at radius 3 is 1.22 bits per heavy atom. The third-order valence-corrected chi connectivity index (χ3v) is 10.3. The zero-order valence-electron chi connectivity index (χ0n) is 29.9. The van der Waals surface area contributed by atoms with Gasteiger partial charge in [-0.15, -0.1) is 0 Å². The number of rotatable bonds is 7. The Balaban J connectivity index is 1.22. The molecule has 0 unspecified atom stereocenters. The molecule has 0 bridgehead atoms. The predicted molar refractivity (Wildman–Crippen MR) is 227 cm³/mol. The van der Waals surface area contributed by atoms with Gasteiger partial charge in [0.1, 0.15) is 0 Å². The Morgan fingerprint density at radius 2 is 0.691 bits per heavy atom. The first-order chi connectivity index (χ1) is 27.3. The lowest BCUT2D eigenvalue weighted by molar-refractivity contribution is 1.07. The summed E-state index contributed by atoms with van der Waals surface area (Å²) in [5, 5.41) is 2.48. The third-order valence-electron chi connectivity index (χ3n) is 10.3. The second-order valence-corrected chi connectivity index (χ2v) is 13.6. The quantitative estimate of drug-likeness (QED) is 0.166. The second-order valence-electron chi connectivity index (χ2n) is 13.6. The molecule has 0 aliphatic rings. The molecule has 4 nitrogen and oxygen atoms in total. The van der Waals surface area contributed by atoms with Gasteiger partial charge in [0.25, 0.3) is 0 Å². The molecule has 0 spiro atoms. The summed E-state index contributed by atoms with van der Waals surface area (Å²) in [6.07, 6.45) is 0. The Kier molecular flexibility index (Phi) is 8.12. The van der Waals surface area contributed by atoms with Gasteiger partial charge in [-0.05, 0) is 63.7 Å². The molecule has 0 amide bonds. The van der Waals surface area contributed by atoms with Gasteiger partial charge in [-0.3, -0.25) is 0 Å². The van der Waals surface area contributed by atoms with Crippen LogP contribution in [0.1, 0.15) is 0 Å². The van der Waals surface area contributed by atoms with E-state index in [2.05, 4.69) is 150 Å². The molecule has 0 atom stereocenters. The molecule has 2 aromatic heterocycles. The van der Waals surface area contributed by atoms with E-state index in [0.717, 1.165) is 55.8 Å². The fourth-order valence-corrected chi connectivity index (χ4v) is 7.68. The van der Waals surface area contributed by atoms with Crippen LogP contribution in [-0.2, 0) is 0 Å². The van der Waals surface area contributed by atoms with E-state index in [4.69, 9.17) is 15.0 Å². The van der Waals surface area contributed by atoms with Gasteiger partial charge in [-0.1, -0.05) is 176 Å². The van der Waals surface area contributed by atoms with E-state index in [1.165, 1.54) is 21.8 Å². The number of nitrogens with zero attached hydrogens (tertiary/aromatic N) is 4. The highest BCUT2D eigenvalue weighted by Gasteiger charge is 2.19. The van der Waals surface area contributed by atoms with E-state index in [-0.39, 0.29) is 0 Å². The van der Waals surface area contributed by atoms with Crippen molar-refractivity contribution in [3.05, 3.63) is 206 Å². The van der Waals surface area contributed by atoms with Gasteiger partial charge in [-0.2, -0.15) is 0 Å². The van der Waals surface area contributed by atoms with Gasteiger partial charge in [0, 0.05) is 33.2 Å². The summed E-state index contributed by atoms with van der Waals surface area (Å²) in [7, 11) is 0. The topological polar surface area (TPSA) is 43.6 Å². The molecular formula is C51H34N4. The molecule has 0 N–H and O–H groups in total. The highest BCUT2D eigenvalue weighted by Crippen LogP contribution is 2.42. The van der Waals surface area contributed by atoms with Gasteiger partial charge in [0.15, 0.2) is 17.5 Å². The molecule has 2 heterocycles. The molecule has 0 aliphatic heterocycles. The first-order valence-electron chi connectivity index (χ1n) is 18.5. The van der Waals surface area contributed by atoms with Crippen molar-refractivity contribution in [3.8, 4) is 73.2 Å². The monoisotopic (exact) mass is 702 g/mol. The Labute approximate surface area is 319 Å². The molecule has 0 saturated carbocycles. The lowest BCUT2D eigenvalue weighted by Gasteiger charge is -2.19. The minimum Gasteiger partial charge on any atom is -0.309 e. The van der Waals surface area contributed by atoms with Crippen molar-refractivity contribution < 1.29 is 0 Å². The summed E-state index contributed by atoms with van der Waals surface area (Å²) < 4.78 is 2.39. The van der Waals surface area contributed by atoms with Gasteiger partial charge < -0.3 is 4.57 Å². The summed E-state index contributed by atoms with van der Waals surface area (Å²) in [6, 6.07) is 72.4. The van der Waals surface area contributed by atoms with E-state index in [1.54, 1.807) is 0 Å². The van der Waals surface area contributed by atoms with Crippen LogP contribution in [0.25, 0.3) is 95.0 Å². The second kappa shape index (κ2) is 13.8. The maximum Gasteiger partial charge on any atom is 0.164 e. The molecule has 0 radical (unpaired) electrons. The van der Waals surface area contributed by atoms with Gasteiger partial charge in [0.2, 0.25) is 0 Å². The van der Waals surface area contributed by atoms with Gasteiger partial charge >= 0.3 is 0 Å². The van der Waals surface area contributed by atoms with Crippen LogP contribution >= 0.6 is 0 Å². The fourth-order valence-electron chi connectivity index (χ4n) is 7.68. The van der Waals surface area contributed by atoms with E-state index in [9.17, 15) is 0 Å². The SMILES string of the molecule is c1ccc(-c2nc(-c3ccccc3)nc(-c3ccc(-c4ccccc4)c(-c4ccc(-n5c6ccccc6c6ccccc65)cc4-c4ccccc4)c3)n2)cc1. The van der Waals surface area contributed by atoms with Crippen molar-refractivity contribution in [2.75, 3.05) is 0 Å². The largest absolute Gasteiger partial charge is 0.309 e. The van der Waals surface area contributed by atoms with Crippen molar-refractivity contribution in [1.29, 1.82) is 0 Å². The van der Waals surface area contributed by atoms with Gasteiger partial charge in [0.05, 0.1) is 11.0 Å². The lowest BCUT2D eigenvalue weighted by atomic mass is 9.88. The van der Waals surface area contributed by atoms with Crippen molar-refractivity contribution >= 4 is 21.8 Å². The van der Waals surface area contributed by atoms with Crippen molar-refractivity contribution in [1.82, 2.24) is 19.5 Å². The number of hydrogen-bond donors (Lipinski definition) is 0. The van der Waals surface area contributed by atoms with Crippen LogP contribution in [0.15, 0.2) is 206 Å². The predicted octanol–water partition coefficient (Wildman–Crippen LogP) is 13.0. The van der Waals surface area contributed by atoms with Gasteiger partial charge in [-0.25, -0.2) is 15.0 Å². The maximum atomic E-state index is 5.10. The molecule has 258 valence electrons. The summed E-state index contributed by atoms with van der Waals surface area (Å²) >= 11 is 0. The van der Waals surface area contributed by atoms with Crippen LogP contribution in [0.2, 0.25) is 0 Å². The highest BCUT2D eigenvalue weighted by molar-refractivity contribution is 6.09. The molecule has 0 aliphatic carbocycles. The van der Waals surface area contributed by atoms with E-state index in [0.29, 0.717) is 17.5 Å². The summed E-state index contributed by atoms with van der Waals surface area (Å²) in [5.41, 5.74) is 13.0. The molecule has 10 rings (SSSR count). The number of benzene rings is 8. The van der Waals surface area contributed by atoms with Crippen LogP contribution in [0.4, 0.5) is 0 Å². The molecule has 4 heteroatoms. The minimum absolute atomic E-state index is 0.622. The maximum absolute atomic E-state index is 5.10. The Morgan fingerprint density at radius 1 is 0.273 bits per heavy atom. The number of fused-ring (bicyclic) bond motifs is 3. The average Bonchev–Trinajstić information content (AvgIpc) is 3.61. The Hall–Kier alpha value is -7.43. The number of aromatic nitrogens is 4. The molecular weight excluding hydrogens is 669 g/mol. The zero-order valence-corrected chi connectivity index (χ0v) is 29.9. The van der Waals surface area contributed by atoms with E-state index >= 15 is 0 Å². The first-order valence-corrected chi connectivity index (χ1v) is 18.5. The fraction of sp³-hybridized carbons (Fsp3) is 0. The van der Waals surface area contributed by atoms with Crippen LogP contribution in [0.5, 0.6) is 0 Å². The molecule has 10 aromatic rings. The lowest BCUT2D eigenvalue weighted by Crippen LogP contribution is -2.01. The summed E-state index contributed by atoms with van der Waals surface area (Å²) in [5.74, 6) is 1.90. The molecule has 55 heavy (non-hydrogen) atoms. The van der Waals surface area contributed by atoms with Crippen molar-refractivity contribution in [2.45, 2.75) is 0 Å². The molecule has 8 aromatic carbocycles. The highest BCUT2D eigenvalue weighted by atomic mass is 15.0. The molecule has 0 saturated heterocycles. The number of para-hydroxylation sites is 2. The summed E-state index contributed by atoms with van der Waals surface area (Å²) in [6.45, 7) is 0. The van der Waals surface area contributed by atoms with E-state index < -0.39 is 0 Å². The molecule has 0 fully saturated rings. The average molecular weight is 703 g/mol. The normalized spacial score (nSPS) is 11.3. The van der Waals surface area contributed by atoms with Crippen LogP contribution in [0.3, 0.4) is 0 Å². The van der Waals surface area contributed by atoms with Crippen LogP contribution < -0.4 is 0 Å². The van der Waals surface area contributed by atoms with Crippen LogP contribution in [-0.4, -0.2) is 19.5 Å². The van der Waals surface area contributed by atoms with E-state index in [1.807, 2.05) is 60.7 Å². The number of hydrogen-bond acceptors (Lipinski definition) is 3. The third kappa shape index (κ3) is 5.96. The van der Waals surface area contributed by atoms with Crippen molar-refractivity contribution in [3.63, 3.8) is 0 Å². The summed E-state index contributed by atoms with van der Waals surface area (Å²) in [4.78, 5) is 15.1. The Bertz CT molecular complexity index is 2840. The zero-order chi connectivity index (χ0) is 36.6. The van der Waals surface area contributed by atoms with Crippen molar-refractivity contribution in [2.24, 2.45) is 0 Å². The smallest absolute Gasteiger partial charge is 0.164 e. The van der Waals surface area contributed by atoms with Crippen LogP contribution in [0, 0.1) is 0 Å². The standard InChI is InChI=1S/C51H34N4/c1-5-17-35(18-6-1)41-31-29-39(51-53-49(37-21-9-3-10-22-37)52-50(54-51)38-23-11-4-12-24-38)33-46(41)42-32-30-40(34-45(42)36-19-7-2-8-20-36)55-47-27-15-13-25-43(47)44-26-14-16-28-48(44)55/h1-34H.